The Labute approximate surface area is 128 Å². The van der Waals surface area contributed by atoms with E-state index in [2.05, 4.69) is 5.32 Å². The summed E-state index contributed by atoms with van der Waals surface area (Å²) >= 11 is 0. The molecule has 0 saturated carbocycles. The summed E-state index contributed by atoms with van der Waals surface area (Å²) < 4.78 is 2.35. The van der Waals surface area contributed by atoms with Gasteiger partial charge in [-0.2, -0.15) is 0 Å². The fourth-order valence-electron chi connectivity index (χ4n) is 2.72. The highest BCUT2D eigenvalue weighted by Gasteiger charge is 2.23. The van der Waals surface area contributed by atoms with Crippen LogP contribution in [0.25, 0.3) is 6.08 Å². The minimum absolute atomic E-state index is 0.129. The van der Waals surface area contributed by atoms with Crippen LogP contribution >= 0.6 is 0 Å². The molecule has 22 heavy (non-hydrogen) atoms. The van der Waals surface area contributed by atoms with Gasteiger partial charge in [-0.1, -0.05) is 0 Å². The Morgan fingerprint density at radius 1 is 1.23 bits per heavy atom. The fourth-order valence-corrected chi connectivity index (χ4v) is 2.72. The van der Waals surface area contributed by atoms with Gasteiger partial charge in [0.1, 0.15) is 0 Å². The second kappa shape index (κ2) is 6.31. The first-order valence-electron chi connectivity index (χ1n) is 7.29. The predicted molar refractivity (Wildman–Crippen MR) is 84.6 cm³/mol. The molecule has 1 saturated heterocycles. The molecule has 0 spiro atoms. The smallest absolute Gasteiger partial charge is 0.330 e. The summed E-state index contributed by atoms with van der Waals surface area (Å²) in [5.74, 6) is -0.129. The van der Waals surface area contributed by atoms with Crippen LogP contribution in [0.1, 0.15) is 19.4 Å². The van der Waals surface area contributed by atoms with Crippen molar-refractivity contribution < 1.29 is 4.79 Å². The molecule has 120 valence electrons. The van der Waals surface area contributed by atoms with Crippen LogP contribution in [0.3, 0.4) is 0 Å². The summed E-state index contributed by atoms with van der Waals surface area (Å²) in [5.41, 5.74) is -0.485. The Hall–Kier alpha value is -2.15. The second-order valence-electron chi connectivity index (χ2n) is 5.89. The van der Waals surface area contributed by atoms with Crippen LogP contribution in [-0.4, -0.2) is 45.1 Å². The third-order valence-corrected chi connectivity index (χ3v) is 3.75. The van der Waals surface area contributed by atoms with Gasteiger partial charge in [-0.25, -0.2) is 4.79 Å². The molecule has 1 aliphatic heterocycles. The molecule has 0 radical (unpaired) electrons. The number of nitrogens with zero attached hydrogens (tertiary/aromatic N) is 3. The van der Waals surface area contributed by atoms with Crippen molar-refractivity contribution in [2.45, 2.75) is 25.9 Å². The maximum absolute atomic E-state index is 12.2. The van der Waals surface area contributed by atoms with E-state index in [0.717, 1.165) is 4.57 Å². The van der Waals surface area contributed by atoms with Crippen molar-refractivity contribution in [3.05, 3.63) is 38.7 Å². The molecule has 1 aromatic heterocycles. The van der Waals surface area contributed by atoms with E-state index in [4.69, 9.17) is 0 Å². The van der Waals surface area contributed by atoms with Crippen molar-refractivity contribution in [1.29, 1.82) is 0 Å². The van der Waals surface area contributed by atoms with E-state index in [0.29, 0.717) is 18.7 Å². The Morgan fingerprint density at radius 3 is 2.41 bits per heavy atom. The van der Waals surface area contributed by atoms with Gasteiger partial charge in [-0.05, 0) is 19.9 Å². The Bertz CT molecular complexity index is 706. The molecular weight excluding hydrogens is 284 g/mol. The molecule has 0 aromatic carbocycles. The Balaban J connectivity index is 2.20. The highest BCUT2D eigenvalue weighted by Crippen LogP contribution is 2.05. The van der Waals surface area contributed by atoms with Crippen LogP contribution in [0.5, 0.6) is 0 Å². The molecule has 1 N–H and O–H groups in total. The van der Waals surface area contributed by atoms with Gasteiger partial charge in [0.2, 0.25) is 5.91 Å². The van der Waals surface area contributed by atoms with Crippen LogP contribution < -0.4 is 16.6 Å². The van der Waals surface area contributed by atoms with Crippen molar-refractivity contribution in [3.63, 3.8) is 0 Å². The van der Waals surface area contributed by atoms with E-state index in [1.165, 1.54) is 30.0 Å². The van der Waals surface area contributed by atoms with Gasteiger partial charge in [-0.15, -0.1) is 0 Å². The Kier molecular flexibility index (Phi) is 4.65. The first kappa shape index (κ1) is 16.2. The monoisotopic (exact) mass is 306 g/mol. The summed E-state index contributed by atoms with van der Waals surface area (Å²) in [6.45, 7) is 5.34. The van der Waals surface area contributed by atoms with E-state index in [9.17, 15) is 14.4 Å². The van der Waals surface area contributed by atoms with E-state index in [-0.39, 0.29) is 18.0 Å². The number of hydrogen-bond donors (Lipinski definition) is 1. The molecule has 1 amide bonds. The molecule has 2 rings (SSSR count). The summed E-state index contributed by atoms with van der Waals surface area (Å²) in [6, 6.07) is 0.484. The van der Waals surface area contributed by atoms with E-state index in [1.54, 1.807) is 11.9 Å². The number of carbonyl (C=O) groups is 1. The third kappa shape index (κ3) is 3.36. The van der Waals surface area contributed by atoms with Crippen molar-refractivity contribution in [3.8, 4) is 0 Å². The molecule has 2 atom stereocenters. The maximum Gasteiger partial charge on any atom is 0.330 e. The molecule has 1 aromatic rings. The number of carbonyl (C=O) groups excluding carboxylic acids is 1. The largest absolute Gasteiger partial charge is 0.336 e. The average Bonchev–Trinajstić information content (AvgIpc) is 2.46. The normalized spacial score (nSPS) is 22.3. The lowest BCUT2D eigenvalue weighted by molar-refractivity contribution is -0.127. The summed E-state index contributed by atoms with van der Waals surface area (Å²) in [7, 11) is 2.99. The lowest BCUT2D eigenvalue weighted by Crippen LogP contribution is -2.55. The quantitative estimate of drug-likeness (QED) is 0.734. The molecule has 1 fully saturated rings. The van der Waals surface area contributed by atoms with Crippen LogP contribution in [0.2, 0.25) is 0 Å². The number of nitrogens with one attached hydrogen (secondary N) is 1. The molecule has 1 aliphatic rings. The molecular formula is C15H22N4O3. The number of hydrogen-bond acceptors (Lipinski definition) is 4. The number of aromatic nitrogens is 2. The van der Waals surface area contributed by atoms with Gasteiger partial charge >= 0.3 is 5.69 Å². The minimum Gasteiger partial charge on any atom is -0.336 e. The topological polar surface area (TPSA) is 76.3 Å². The molecule has 7 nitrogen and oxygen atoms in total. The van der Waals surface area contributed by atoms with Crippen LogP contribution in [0.15, 0.2) is 21.9 Å². The van der Waals surface area contributed by atoms with E-state index in [1.807, 2.05) is 13.8 Å². The lowest BCUT2D eigenvalue weighted by Gasteiger charge is -2.35. The van der Waals surface area contributed by atoms with E-state index < -0.39 is 11.2 Å². The average molecular weight is 306 g/mol. The SMILES string of the molecule is CC1CN(C(=O)C=Cc2cn(C)c(=O)n(C)c2=O)CC(C)N1. The number of rotatable bonds is 2. The standard InChI is InChI=1S/C15H22N4O3/c1-10-7-19(8-11(2)16-10)13(20)6-5-12-9-17(3)15(22)18(4)14(12)21/h5-6,9-11,16H,7-8H2,1-4H3. The van der Waals surface area contributed by atoms with Gasteiger partial charge in [0.25, 0.3) is 5.56 Å². The summed E-state index contributed by atoms with van der Waals surface area (Å²) in [4.78, 5) is 37.6. The Morgan fingerprint density at radius 2 is 1.82 bits per heavy atom. The second-order valence-corrected chi connectivity index (χ2v) is 5.89. The highest BCUT2D eigenvalue weighted by molar-refractivity contribution is 5.91. The molecule has 0 bridgehead atoms. The zero-order chi connectivity index (χ0) is 16.4. The summed E-state index contributed by atoms with van der Waals surface area (Å²) in [6.07, 6.45) is 4.31. The zero-order valence-electron chi connectivity index (χ0n) is 13.4. The van der Waals surface area contributed by atoms with Crippen molar-refractivity contribution in [2.24, 2.45) is 14.1 Å². The minimum atomic E-state index is -0.408. The number of aryl methyl sites for hydroxylation is 1. The first-order chi connectivity index (χ1) is 10.3. The van der Waals surface area contributed by atoms with Crippen molar-refractivity contribution in [2.75, 3.05) is 13.1 Å². The molecule has 7 heteroatoms. The van der Waals surface area contributed by atoms with Gasteiger partial charge in [0.15, 0.2) is 0 Å². The number of amides is 1. The predicted octanol–water partition coefficient (Wildman–Crippen LogP) is -0.694. The summed E-state index contributed by atoms with van der Waals surface area (Å²) in [5, 5.41) is 3.36. The maximum atomic E-state index is 12.2. The zero-order valence-corrected chi connectivity index (χ0v) is 13.4. The van der Waals surface area contributed by atoms with Crippen molar-refractivity contribution >= 4 is 12.0 Å². The van der Waals surface area contributed by atoms with Crippen LogP contribution in [-0.2, 0) is 18.9 Å². The van der Waals surface area contributed by atoms with Crippen LogP contribution in [0, 0.1) is 0 Å². The molecule has 2 heterocycles. The van der Waals surface area contributed by atoms with E-state index >= 15 is 0 Å². The number of piperazine rings is 1. The highest BCUT2D eigenvalue weighted by atomic mass is 16.2. The molecule has 0 aliphatic carbocycles. The third-order valence-electron chi connectivity index (χ3n) is 3.75. The molecule has 2 unspecified atom stereocenters. The van der Waals surface area contributed by atoms with Crippen molar-refractivity contribution in [1.82, 2.24) is 19.4 Å². The van der Waals surface area contributed by atoms with Gasteiger partial charge in [-0.3, -0.25) is 14.2 Å². The fraction of sp³-hybridized carbons (Fsp3) is 0.533. The van der Waals surface area contributed by atoms with Gasteiger partial charge < -0.3 is 14.8 Å². The van der Waals surface area contributed by atoms with Gasteiger partial charge in [0.05, 0.1) is 5.56 Å². The van der Waals surface area contributed by atoms with Crippen LogP contribution in [0.4, 0.5) is 0 Å². The lowest BCUT2D eigenvalue weighted by atomic mass is 10.1. The van der Waals surface area contributed by atoms with Gasteiger partial charge in [0, 0.05) is 51.5 Å². The first-order valence-corrected chi connectivity index (χ1v) is 7.29.